The predicted molar refractivity (Wildman–Crippen MR) is 70.3 cm³/mol. The summed E-state index contributed by atoms with van der Waals surface area (Å²) in [6.45, 7) is 11.8. The van der Waals surface area contributed by atoms with E-state index in [2.05, 4.69) is 52.8 Å². The standard InChI is InChI=1S/C15H24O/c1-6-7-10-16-14-9-8-12(2)11-13(14)15(3,4)5/h8-9,11H,6-7,10H2,1-5H3. The summed E-state index contributed by atoms with van der Waals surface area (Å²) in [6, 6.07) is 6.46. The fraction of sp³-hybridized carbons (Fsp3) is 0.600. The van der Waals surface area contributed by atoms with Crippen LogP contribution in [0.15, 0.2) is 18.2 Å². The lowest BCUT2D eigenvalue weighted by atomic mass is 9.85. The molecule has 1 heteroatoms. The van der Waals surface area contributed by atoms with Crippen LogP contribution in [0.5, 0.6) is 5.75 Å². The number of rotatable bonds is 4. The van der Waals surface area contributed by atoms with Crippen LogP contribution in [0, 0.1) is 6.92 Å². The normalized spacial score (nSPS) is 11.6. The number of unbranched alkanes of at least 4 members (excludes halogenated alkanes) is 1. The van der Waals surface area contributed by atoms with E-state index in [4.69, 9.17) is 4.74 Å². The molecule has 0 saturated heterocycles. The van der Waals surface area contributed by atoms with Crippen molar-refractivity contribution >= 4 is 0 Å². The molecule has 90 valence electrons. The quantitative estimate of drug-likeness (QED) is 0.680. The second kappa shape index (κ2) is 5.38. The maximum atomic E-state index is 5.86. The van der Waals surface area contributed by atoms with Gasteiger partial charge in [-0.1, -0.05) is 51.8 Å². The van der Waals surface area contributed by atoms with Crippen molar-refractivity contribution in [2.45, 2.75) is 52.9 Å². The lowest BCUT2D eigenvalue weighted by Gasteiger charge is -2.23. The highest BCUT2D eigenvalue weighted by Gasteiger charge is 2.18. The monoisotopic (exact) mass is 220 g/mol. The first-order chi connectivity index (χ1) is 7.45. The van der Waals surface area contributed by atoms with Gasteiger partial charge in [-0.05, 0) is 30.4 Å². The number of ether oxygens (including phenoxy) is 1. The zero-order valence-electron chi connectivity index (χ0n) is 11.3. The SMILES string of the molecule is CCCCOc1ccc(C)cc1C(C)(C)C. The van der Waals surface area contributed by atoms with E-state index in [1.165, 1.54) is 17.5 Å². The fourth-order valence-electron chi connectivity index (χ4n) is 1.68. The number of aryl methyl sites for hydroxylation is 1. The Morgan fingerprint density at radius 3 is 2.44 bits per heavy atom. The van der Waals surface area contributed by atoms with E-state index >= 15 is 0 Å². The molecule has 0 aromatic heterocycles. The molecule has 16 heavy (non-hydrogen) atoms. The first kappa shape index (κ1) is 13.1. The van der Waals surface area contributed by atoms with Gasteiger partial charge in [-0.25, -0.2) is 0 Å². The van der Waals surface area contributed by atoms with Gasteiger partial charge in [0.15, 0.2) is 0 Å². The molecule has 0 radical (unpaired) electrons. The van der Waals surface area contributed by atoms with Crippen LogP contribution in [0.25, 0.3) is 0 Å². The van der Waals surface area contributed by atoms with Gasteiger partial charge in [-0.2, -0.15) is 0 Å². The lowest BCUT2D eigenvalue weighted by molar-refractivity contribution is 0.301. The molecule has 0 aliphatic rings. The van der Waals surface area contributed by atoms with Crippen molar-refractivity contribution in [2.24, 2.45) is 0 Å². The Morgan fingerprint density at radius 1 is 1.19 bits per heavy atom. The summed E-state index contributed by atoms with van der Waals surface area (Å²) in [5.74, 6) is 1.05. The summed E-state index contributed by atoms with van der Waals surface area (Å²) < 4.78 is 5.86. The minimum atomic E-state index is 0.146. The summed E-state index contributed by atoms with van der Waals surface area (Å²) in [5, 5.41) is 0. The second-order valence-electron chi connectivity index (χ2n) is 5.45. The molecule has 1 aromatic carbocycles. The first-order valence-corrected chi connectivity index (χ1v) is 6.19. The zero-order chi connectivity index (χ0) is 12.2. The predicted octanol–water partition coefficient (Wildman–Crippen LogP) is 4.47. The highest BCUT2D eigenvalue weighted by atomic mass is 16.5. The van der Waals surface area contributed by atoms with Crippen LogP contribution in [0.2, 0.25) is 0 Å². The molecule has 0 aliphatic heterocycles. The number of benzene rings is 1. The largest absolute Gasteiger partial charge is 0.493 e. The molecule has 0 atom stereocenters. The third kappa shape index (κ3) is 3.55. The van der Waals surface area contributed by atoms with Crippen molar-refractivity contribution < 1.29 is 4.74 Å². The van der Waals surface area contributed by atoms with Crippen molar-refractivity contribution in [3.05, 3.63) is 29.3 Å². The summed E-state index contributed by atoms with van der Waals surface area (Å²) in [5.41, 5.74) is 2.75. The van der Waals surface area contributed by atoms with Crippen LogP contribution in [0.4, 0.5) is 0 Å². The summed E-state index contributed by atoms with van der Waals surface area (Å²) in [7, 11) is 0. The Labute approximate surface area is 99.8 Å². The van der Waals surface area contributed by atoms with Crippen LogP contribution < -0.4 is 4.74 Å². The fourth-order valence-corrected chi connectivity index (χ4v) is 1.68. The summed E-state index contributed by atoms with van der Waals surface area (Å²) in [6.07, 6.45) is 2.30. The van der Waals surface area contributed by atoms with E-state index in [0.29, 0.717) is 0 Å². The second-order valence-corrected chi connectivity index (χ2v) is 5.45. The van der Waals surface area contributed by atoms with Crippen molar-refractivity contribution in [1.82, 2.24) is 0 Å². The Hall–Kier alpha value is -0.980. The highest BCUT2D eigenvalue weighted by molar-refractivity contribution is 5.41. The maximum Gasteiger partial charge on any atom is 0.123 e. The average molecular weight is 220 g/mol. The van der Waals surface area contributed by atoms with E-state index in [1.807, 2.05) is 0 Å². The van der Waals surface area contributed by atoms with Gasteiger partial charge in [-0.3, -0.25) is 0 Å². The van der Waals surface area contributed by atoms with Crippen molar-refractivity contribution in [2.75, 3.05) is 6.61 Å². The summed E-state index contributed by atoms with van der Waals surface area (Å²) >= 11 is 0. The molecular weight excluding hydrogens is 196 g/mol. The van der Waals surface area contributed by atoms with Crippen LogP contribution in [0.1, 0.15) is 51.7 Å². The third-order valence-electron chi connectivity index (χ3n) is 2.70. The molecule has 0 fully saturated rings. The Balaban J connectivity index is 2.90. The molecule has 0 heterocycles. The molecule has 0 spiro atoms. The molecule has 1 nitrogen and oxygen atoms in total. The smallest absolute Gasteiger partial charge is 0.123 e. The van der Waals surface area contributed by atoms with Crippen molar-refractivity contribution in [3.8, 4) is 5.75 Å². The Kier molecular flexibility index (Phi) is 4.40. The molecule has 0 unspecified atom stereocenters. The van der Waals surface area contributed by atoms with E-state index in [9.17, 15) is 0 Å². The third-order valence-corrected chi connectivity index (χ3v) is 2.70. The number of hydrogen-bond donors (Lipinski definition) is 0. The molecule has 1 rings (SSSR count). The van der Waals surface area contributed by atoms with Gasteiger partial charge >= 0.3 is 0 Å². The van der Waals surface area contributed by atoms with E-state index in [1.54, 1.807) is 0 Å². The number of hydrogen-bond acceptors (Lipinski definition) is 1. The van der Waals surface area contributed by atoms with Crippen LogP contribution in [0.3, 0.4) is 0 Å². The minimum absolute atomic E-state index is 0.146. The van der Waals surface area contributed by atoms with Crippen molar-refractivity contribution in [1.29, 1.82) is 0 Å². The van der Waals surface area contributed by atoms with Crippen LogP contribution in [-0.2, 0) is 5.41 Å². The molecule has 0 aliphatic carbocycles. The highest BCUT2D eigenvalue weighted by Crippen LogP contribution is 2.32. The molecule has 0 N–H and O–H groups in total. The van der Waals surface area contributed by atoms with Crippen molar-refractivity contribution in [3.63, 3.8) is 0 Å². The topological polar surface area (TPSA) is 9.23 Å². The lowest BCUT2D eigenvalue weighted by Crippen LogP contribution is -2.14. The van der Waals surface area contributed by atoms with Gasteiger partial charge in [-0.15, -0.1) is 0 Å². The molecule has 0 amide bonds. The maximum absolute atomic E-state index is 5.86. The first-order valence-electron chi connectivity index (χ1n) is 6.19. The van der Waals surface area contributed by atoms with Gasteiger partial charge in [0.05, 0.1) is 6.61 Å². The van der Waals surface area contributed by atoms with Gasteiger partial charge in [0.25, 0.3) is 0 Å². The van der Waals surface area contributed by atoms with Crippen LogP contribution in [-0.4, -0.2) is 6.61 Å². The van der Waals surface area contributed by atoms with E-state index in [0.717, 1.165) is 18.8 Å². The van der Waals surface area contributed by atoms with E-state index < -0.39 is 0 Å². The zero-order valence-corrected chi connectivity index (χ0v) is 11.3. The van der Waals surface area contributed by atoms with Gasteiger partial charge in [0, 0.05) is 0 Å². The minimum Gasteiger partial charge on any atom is -0.493 e. The Morgan fingerprint density at radius 2 is 1.88 bits per heavy atom. The van der Waals surface area contributed by atoms with Gasteiger partial charge in [0.2, 0.25) is 0 Å². The molecule has 0 saturated carbocycles. The molecular formula is C15H24O. The van der Waals surface area contributed by atoms with E-state index in [-0.39, 0.29) is 5.41 Å². The van der Waals surface area contributed by atoms with Crippen LogP contribution >= 0.6 is 0 Å². The van der Waals surface area contributed by atoms with Gasteiger partial charge in [0.1, 0.15) is 5.75 Å². The summed E-state index contributed by atoms with van der Waals surface area (Å²) in [4.78, 5) is 0. The average Bonchev–Trinajstić information content (AvgIpc) is 2.19. The molecule has 0 bridgehead atoms. The molecule has 1 aromatic rings. The van der Waals surface area contributed by atoms with Gasteiger partial charge < -0.3 is 4.74 Å². The Bertz CT molecular complexity index is 334.